The highest BCUT2D eigenvalue weighted by Gasteiger charge is 2.25. The molecule has 0 spiro atoms. The van der Waals surface area contributed by atoms with Crippen molar-refractivity contribution in [2.75, 3.05) is 11.9 Å². The smallest absolute Gasteiger partial charge is 0.231 e. The number of hydrogen-bond donors (Lipinski definition) is 0. The summed E-state index contributed by atoms with van der Waals surface area (Å²) in [5.41, 5.74) is 3.51. The molecule has 0 saturated carbocycles. The monoisotopic (exact) mass is 309 g/mol. The summed E-state index contributed by atoms with van der Waals surface area (Å²) in [6.07, 6.45) is 2.96. The molecule has 0 aromatic heterocycles. The van der Waals surface area contributed by atoms with E-state index in [9.17, 15) is 4.79 Å². The van der Waals surface area contributed by atoms with Gasteiger partial charge in [0.1, 0.15) is 0 Å². The maximum atomic E-state index is 11.7. The first-order chi connectivity index (χ1) is 8.54. The SMILES string of the molecule is CCCC(C)C(Br)c1ccc2c(c1)CC(=O)N2C. The number of carbonyl (C=O) groups is 1. The lowest BCUT2D eigenvalue weighted by molar-refractivity contribution is -0.117. The third-order valence-corrected chi connectivity index (χ3v) is 5.17. The normalized spacial score (nSPS) is 17.8. The van der Waals surface area contributed by atoms with E-state index in [-0.39, 0.29) is 5.91 Å². The number of hydrogen-bond acceptors (Lipinski definition) is 1. The van der Waals surface area contributed by atoms with Crippen LogP contribution < -0.4 is 4.90 Å². The number of carbonyl (C=O) groups excluding carboxylic acids is 1. The molecular weight excluding hydrogens is 290 g/mol. The van der Waals surface area contributed by atoms with E-state index in [1.807, 2.05) is 7.05 Å². The average molecular weight is 310 g/mol. The molecule has 98 valence electrons. The van der Waals surface area contributed by atoms with Crippen LogP contribution in [0.4, 0.5) is 5.69 Å². The maximum Gasteiger partial charge on any atom is 0.231 e. The number of amides is 1. The Morgan fingerprint density at radius 1 is 1.44 bits per heavy atom. The summed E-state index contributed by atoms with van der Waals surface area (Å²) in [5.74, 6) is 0.803. The highest BCUT2D eigenvalue weighted by atomic mass is 79.9. The number of rotatable bonds is 4. The van der Waals surface area contributed by atoms with Gasteiger partial charge in [0.05, 0.1) is 6.42 Å². The van der Waals surface area contributed by atoms with E-state index in [1.54, 1.807) is 4.90 Å². The minimum atomic E-state index is 0.190. The second-order valence-electron chi connectivity index (χ2n) is 5.19. The number of anilines is 1. The molecule has 1 aliphatic rings. The van der Waals surface area contributed by atoms with Crippen LogP contribution in [0.15, 0.2) is 18.2 Å². The Morgan fingerprint density at radius 3 is 2.83 bits per heavy atom. The Morgan fingerprint density at radius 2 is 2.17 bits per heavy atom. The van der Waals surface area contributed by atoms with Gasteiger partial charge in [0.25, 0.3) is 0 Å². The van der Waals surface area contributed by atoms with Gasteiger partial charge in [-0.25, -0.2) is 0 Å². The first-order valence-electron chi connectivity index (χ1n) is 6.58. The van der Waals surface area contributed by atoms with Crippen LogP contribution in [-0.2, 0) is 11.2 Å². The number of nitrogens with zero attached hydrogens (tertiary/aromatic N) is 1. The van der Waals surface area contributed by atoms with E-state index in [4.69, 9.17) is 0 Å². The Bertz CT molecular complexity index is 458. The molecule has 0 fully saturated rings. The third kappa shape index (κ3) is 2.46. The summed E-state index contributed by atoms with van der Waals surface area (Å²) in [4.78, 5) is 13.8. The van der Waals surface area contributed by atoms with Gasteiger partial charge in [0.2, 0.25) is 5.91 Å². The van der Waals surface area contributed by atoms with Crippen molar-refractivity contribution in [3.05, 3.63) is 29.3 Å². The predicted octanol–water partition coefficient (Wildman–Crippen LogP) is 4.08. The molecule has 0 N–H and O–H groups in total. The summed E-state index contributed by atoms with van der Waals surface area (Å²) in [7, 11) is 1.85. The van der Waals surface area contributed by atoms with Crippen molar-refractivity contribution in [1.82, 2.24) is 0 Å². The van der Waals surface area contributed by atoms with E-state index in [0.717, 1.165) is 11.3 Å². The minimum Gasteiger partial charge on any atom is -0.315 e. The first kappa shape index (κ1) is 13.6. The van der Waals surface area contributed by atoms with Crippen molar-refractivity contribution in [1.29, 1.82) is 0 Å². The minimum absolute atomic E-state index is 0.190. The number of likely N-dealkylation sites (N-methyl/N-ethyl adjacent to an activating group) is 1. The second-order valence-corrected chi connectivity index (χ2v) is 6.17. The molecule has 1 amide bonds. The average Bonchev–Trinajstić information content (AvgIpc) is 2.64. The summed E-state index contributed by atoms with van der Waals surface area (Å²) < 4.78 is 0. The second kappa shape index (κ2) is 5.43. The van der Waals surface area contributed by atoms with Crippen molar-refractivity contribution in [2.24, 2.45) is 5.92 Å². The quantitative estimate of drug-likeness (QED) is 0.768. The van der Waals surface area contributed by atoms with Gasteiger partial charge in [-0.15, -0.1) is 0 Å². The van der Waals surface area contributed by atoms with Crippen LogP contribution in [0, 0.1) is 5.92 Å². The number of benzene rings is 1. The molecule has 2 atom stereocenters. The molecule has 1 aromatic carbocycles. The van der Waals surface area contributed by atoms with Gasteiger partial charge in [-0.2, -0.15) is 0 Å². The molecule has 2 unspecified atom stereocenters. The summed E-state index contributed by atoms with van der Waals surface area (Å²) in [5, 5.41) is 0. The van der Waals surface area contributed by atoms with Crippen LogP contribution in [0.25, 0.3) is 0 Å². The van der Waals surface area contributed by atoms with Gasteiger partial charge < -0.3 is 4.90 Å². The number of alkyl halides is 1. The van der Waals surface area contributed by atoms with Crippen molar-refractivity contribution in [2.45, 2.75) is 37.9 Å². The van der Waals surface area contributed by atoms with Crippen molar-refractivity contribution >= 4 is 27.5 Å². The first-order valence-corrected chi connectivity index (χ1v) is 7.49. The van der Waals surface area contributed by atoms with Gasteiger partial charge in [0.15, 0.2) is 0 Å². The summed E-state index contributed by atoms with van der Waals surface area (Å²) >= 11 is 3.79. The molecule has 1 aliphatic heterocycles. The summed E-state index contributed by atoms with van der Waals surface area (Å²) in [6.45, 7) is 4.49. The van der Waals surface area contributed by atoms with Crippen LogP contribution >= 0.6 is 15.9 Å². The Hall–Kier alpha value is -0.830. The van der Waals surface area contributed by atoms with Crippen molar-refractivity contribution in [3.63, 3.8) is 0 Å². The highest BCUT2D eigenvalue weighted by Crippen LogP contribution is 2.37. The third-order valence-electron chi connectivity index (χ3n) is 3.74. The molecule has 2 nitrogen and oxygen atoms in total. The molecule has 0 radical (unpaired) electrons. The molecule has 2 rings (SSSR count). The highest BCUT2D eigenvalue weighted by molar-refractivity contribution is 9.09. The zero-order valence-corrected chi connectivity index (χ0v) is 12.8. The lowest BCUT2D eigenvalue weighted by Crippen LogP contribution is -2.20. The lowest BCUT2D eigenvalue weighted by Gasteiger charge is -2.19. The van der Waals surface area contributed by atoms with Crippen molar-refractivity contribution in [3.8, 4) is 0 Å². The van der Waals surface area contributed by atoms with Crippen molar-refractivity contribution < 1.29 is 4.79 Å². The topological polar surface area (TPSA) is 20.3 Å². The molecule has 1 aromatic rings. The van der Waals surface area contributed by atoms with Crippen LogP contribution in [0.1, 0.15) is 42.6 Å². The molecule has 0 saturated heterocycles. The number of halogens is 1. The largest absolute Gasteiger partial charge is 0.315 e. The zero-order chi connectivity index (χ0) is 13.3. The fraction of sp³-hybridized carbons (Fsp3) is 0.533. The fourth-order valence-electron chi connectivity index (χ4n) is 2.59. The Kier molecular flexibility index (Phi) is 4.10. The van der Waals surface area contributed by atoms with Crippen LogP contribution in [0.2, 0.25) is 0 Å². The lowest BCUT2D eigenvalue weighted by atomic mass is 9.95. The van der Waals surface area contributed by atoms with E-state index in [2.05, 4.69) is 48.0 Å². The maximum absolute atomic E-state index is 11.7. The van der Waals surface area contributed by atoms with Crippen LogP contribution in [-0.4, -0.2) is 13.0 Å². The van der Waals surface area contributed by atoms with E-state index in [1.165, 1.54) is 18.4 Å². The molecule has 18 heavy (non-hydrogen) atoms. The zero-order valence-electron chi connectivity index (χ0n) is 11.2. The molecule has 1 heterocycles. The fourth-order valence-corrected chi connectivity index (χ4v) is 3.14. The van der Waals surface area contributed by atoms with Gasteiger partial charge in [-0.3, -0.25) is 4.79 Å². The van der Waals surface area contributed by atoms with E-state index >= 15 is 0 Å². The summed E-state index contributed by atoms with van der Waals surface area (Å²) in [6, 6.07) is 6.39. The Labute approximate surface area is 117 Å². The molecular formula is C15H20BrNO. The van der Waals surface area contributed by atoms with Gasteiger partial charge in [0, 0.05) is 17.6 Å². The molecule has 0 bridgehead atoms. The van der Waals surface area contributed by atoms with Gasteiger partial charge in [-0.05, 0) is 29.5 Å². The number of fused-ring (bicyclic) bond motifs is 1. The predicted molar refractivity (Wildman–Crippen MR) is 79.3 cm³/mol. The van der Waals surface area contributed by atoms with Gasteiger partial charge >= 0.3 is 0 Å². The Balaban J connectivity index is 2.23. The molecule has 3 heteroatoms. The standard InChI is InChI=1S/C15H20BrNO/c1-4-5-10(2)15(16)11-6-7-13-12(8-11)9-14(18)17(13)3/h6-8,10,15H,4-5,9H2,1-3H3. The van der Waals surface area contributed by atoms with E-state index in [0.29, 0.717) is 17.2 Å². The van der Waals surface area contributed by atoms with Crippen LogP contribution in [0.5, 0.6) is 0 Å². The molecule has 0 aliphatic carbocycles. The van der Waals surface area contributed by atoms with Gasteiger partial charge in [-0.1, -0.05) is 48.3 Å². The van der Waals surface area contributed by atoms with Crippen LogP contribution in [0.3, 0.4) is 0 Å². The van der Waals surface area contributed by atoms with E-state index < -0.39 is 0 Å².